The number of likely N-dealkylation sites (tertiary alicyclic amines) is 1. The number of nitrogens with one attached hydrogen (secondary N) is 1. The largest absolute Gasteiger partial charge is 0.392 e. The highest BCUT2D eigenvalue weighted by atomic mass is 16.5. The van der Waals surface area contributed by atoms with Gasteiger partial charge < -0.3 is 25.2 Å². The molecular formula is C21H30N2O5. The molecule has 7 heteroatoms. The molecule has 0 aromatic heterocycles. The highest BCUT2D eigenvalue weighted by molar-refractivity contribution is 5.79. The predicted molar refractivity (Wildman–Crippen MR) is 103 cm³/mol. The van der Waals surface area contributed by atoms with Crippen LogP contribution in [0.2, 0.25) is 0 Å². The number of carbonyl (C=O) groups is 2. The van der Waals surface area contributed by atoms with Crippen molar-refractivity contribution in [1.82, 2.24) is 10.2 Å². The van der Waals surface area contributed by atoms with E-state index in [9.17, 15) is 14.7 Å². The first kappa shape index (κ1) is 20.8. The predicted octanol–water partition coefficient (Wildman–Crippen LogP) is 0.759. The van der Waals surface area contributed by atoms with Crippen LogP contribution in [0.25, 0.3) is 0 Å². The summed E-state index contributed by atoms with van der Waals surface area (Å²) in [7, 11) is 0. The first-order valence-corrected chi connectivity index (χ1v) is 9.85. The van der Waals surface area contributed by atoms with Gasteiger partial charge >= 0.3 is 0 Å². The Morgan fingerprint density at radius 1 is 1.18 bits per heavy atom. The van der Waals surface area contributed by atoms with Gasteiger partial charge in [0.1, 0.15) is 6.10 Å². The van der Waals surface area contributed by atoms with Crippen molar-refractivity contribution < 1.29 is 24.5 Å². The van der Waals surface area contributed by atoms with Crippen LogP contribution in [0, 0.1) is 0 Å². The van der Waals surface area contributed by atoms with E-state index in [1.807, 2.05) is 36.1 Å². The molecule has 1 spiro atoms. The summed E-state index contributed by atoms with van der Waals surface area (Å²) in [4.78, 5) is 26.0. The van der Waals surface area contributed by atoms with Crippen molar-refractivity contribution >= 4 is 11.8 Å². The molecule has 154 valence electrons. The molecule has 2 heterocycles. The highest BCUT2D eigenvalue weighted by Crippen LogP contribution is 2.40. The van der Waals surface area contributed by atoms with E-state index < -0.39 is 17.2 Å². The number of amides is 2. The molecule has 28 heavy (non-hydrogen) atoms. The summed E-state index contributed by atoms with van der Waals surface area (Å²) >= 11 is 0. The van der Waals surface area contributed by atoms with E-state index in [0.717, 1.165) is 11.1 Å². The molecular weight excluding hydrogens is 360 g/mol. The molecule has 0 unspecified atom stereocenters. The van der Waals surface area contributed by atoms with Crippen LogP contribution in [0.15, 0.2) is 24.3 Å². The Hall–Kier alpha value is -1.96. The molecule has 2 saturated heterocycles. The maximum absolute atomic E-state index is 12.7. The fourth-order valence-corrected chi connectivity index (χ4v) is 4.40. The van der Waals surface area contributed by atoms with Gasteiger partial charge in [-0.05, 0) is 37.3 Å². The lowest BCUT2D eigenvalue weighted by Crippen LogP contribution is -2.69. The Labute approximate surface area is 165 Å². The summed E-state index contributed by atoms with van der Waals surface area (Å²) in [5.41, 5.74) is 0.288. The normalized spacial score (nSPS) is 26.9. The highest BCUT2D eigenvalue weighted by Gasteiger charge is 2.53. The minimum absolute atomic E-state index is 0.0117. The molecule has 2 aliphatic rings. The van der Waals surface area contributed by atoms with Gasteiger partial charge in [-0.15, -0.1) is 0 Å². The van der Waals surface area contributed by atoms with Gasteiger partial charge in [-0.1, -0.05) is 24.3 Å². The van der Waals surface area contributed by atoms with E-state index in [-0.39, 0.29) is 18.4 Å². The summed E-state index contributed by atoms with van der Waals surface area (Å²) in [5.74, 6) is -0.125. The number of carbonyl (C=O) groups excluding carboxylic acids is 2. The number of aliphatic hydroxyl groups excluding tert-OH is 2. The number of hydrogen-bond donors (Lipinski definition) is 3. The molecule has 0 bridgehead atoms. The van der Waals surface area contributed by atoms with Gasteiger partial charge in [0.25, 0.3) is 0 Å². The third kappa shape index (κ3) is 4.21. The average molecular weight is 390 g/mol. The van der Waals surface area contributed by atoms with Gasteiger partial charge in [0.15, 0.2) is 0 Å². The Morgan fingerprint density at radius 2 is 1.79 bits per heavy atom. The van der Waals surface area contributed by atoms with Crippen molar-refractivity contribution in [2.45, 2.75) is 63.4 Å². The van der Waals surface area contributed by atoms with Gasteiger partial charge in [0.2, 0.25) is 11.8 Å². The summed E-state index contributed by atoms with van der Waals surface area (Å²) < 4.78 is 6.00. The maximum Gasteiger partial charge on any atom is 0.226 e. The zero-order valence-electron chi connectivity index (χ0n) is 16.6. The number of ether oxygens (including phenoxy) is 1. The van der Waals surface area contributed by atoms with Crippen LogP contribution in [0.1, 0.15) is 44.2 Å². The van der Waals surface area contributed by atoms with Gasteiger partial charge in [-0.2, -0.15) is 0 Å². The summed E-state index contributed by atoms with van der Waals surface area (Å²) in [6.07, 6.45) is 1.13. The Balaban J connectivity index is 1.61. The number of hydrogen-bond acceptors (Lipinski definition) is 5. The summed E-state index contributed by atoms with van der Waals surface area (Å²) in [6.45, 7) is 4.80. The first-order chi connectivity index (χ1) is 13.3. The fraction of sp³-hybridized carbons (Fsp3) is 0.619. The smallest absolute Gasteiger partial charge is 0.226 e. The average Bonchev–Trinajstić information content (AvgIpc) is 2.67. The molecule has 0 saturated carbocycles. The van der Waals surface area contributed by atoms with Crippen molar-refractivity contribution in [3.63, 3.8) is 0 Å². The van der Waals surface area contributed by atoms with Crippen LogP contribution in [0.3, 0.4) is 0 Å². The minimum atomic E-state index is -0.819. The lowest BCUT2D eigenvalue weighted by molar-refractivity contribution is -0.207. The second kappa shape index (κ2) is 8.19. The monoisotopic (exact) mass is 390 g/mol. The maximum atomic E-state index is 12.7. The third-order valence-electron chi connectivity index (χ3n) is 6.10. The van der Waals surface area contributed by atoms with Crippen LogP contribution in [0.4, 0.5) is 0 Å². The van der Waals surface area contributed by atoms with Crippen LogP contribution in [0.5, 0.6) is 0 Å². The Bertz CT molecular complexity index is 712. The van der Waals surface area contributed by atoms with E-state index in [0.29, 0.717) is 45.4 Å². The molecule has 1 aromatic carbocycles. The van der Waals surface area contributed by atoms with Gasteiger partial charge in [-0.3, -0.25) is 9.59 Å². The van der Waals surface area contributed by atoms with Gasteiger partial charge in [-0.25, -0.2) is 0 Å². The van der Waals surface area contributed by atoms with Gasteiger partial charge in [0, 0.05) is 26.6 Å². The van der Waals surface area contributed by atoms with Crippen LogP contribution in [-0.4, -0.2) is 63.9 Å². The quantitative estimate of drug-likeness (QED) is 0.705. The molecule has 1 aromatic rings. The first-order valence-electron chi connectivity index (χ1n) is 9.85. The molecule has 3 rings (SSSR count). The van der Waals surface area contributed by atoms with Crippen LogP contribution >= 0.6 is 0 Å². The lowest BCUT2D eigenvalue weighted by atomic mass is 9.73. The fourth-order valence-electron chi connectivity index (χ4n) is 4.40. The van der Waals surface area contributed by atoms with Crippen molar-refractivity contribution in [3.8, 4) is 0 Å². The van der Waals surface area contributed by atoms with Crippen molar-refractivity contribution in [1.29, 1.82) is 0 Å². The number of aliphatic hydroxyl groups is 2. The van der Waals surface area contributed by atoms with E-state index in [1.54, 1.807) is 0 Å². The molecule has 2 aliphatic heterocycles. The number of nitrogens with zero attached hydrogens (tertiary/aromatic N) is 1. The van der Waals surface area contributed by atoms with Crippen molar-refractivity contribution in [2.24, 2.45) is 0 Å². The molecule has 7 nitrogen and oxygen atoms in total. The van der Waals surface area contributed by atoms with E-state index in [2.05, 4.69) is 5.32 Å². The summed E-state index contributed by atoms with van der Waals surface area (Å²) in [6, 6.07) is 7.37. The second-order valence-electron chi connectivity index (χ2n) is 8.20. The molecule has 0 radical (unpaired) electrons. The molecule has 2 fully saturated rings. The Kier molecular flexibility index (Phi) is 6.07. The van der Waals surface area contributed by atoms with Crippen LogP contribution in [-0.2, 0) is 27.4 Å². The van der Waals surface area contributed by atoms with E-state index in [4.69, 9.17) is 9.84 Å². The topological polar surface area (TPSA) is 99.1 Å². The number of rotatable bonds is 4. The lowest BCUT2D eigenvalue weighted by Gasteiger charge is -2.53. The number of piperidine rings is 1. The molecule has 0 aliphatic carbocycles. The minimum Gasteiger partial charge on any atom is -0.392 e. The molecule has 2 atom stereocenters. The second-order valence-corrected chi connectivity index (χ2v) is 8.20. The SMILES string of the molecule is CC(=O)N[C@@]1(C)CCOC2(CCN(C(=O)Cc3ccc(CO)cc3)CC2)[C@@H]1O. The molecule has 2 amide bonds. The third-order valence-corrected chi connectivity index (χ3v) is 6.10. The van der Waals surface area contributed by atoms with Crippen LogP contribution < -0.4 is 5.32 Å². The van der Waals surface area contributed by atoms with Crippen molar-refractivity contribution in [3.05, 3.63) is 35.4 Å². The Morgan fingerprint density at radius 3 is 2.36 bits per heavy atom. The zero-order chi connectivity index (χ0) is 20.4. The van der Waals surface area contributed by atoms with E-state index >= 15 is 0 Å². The standard InChI is InChI=1S/C21H30N2O5/c1-15(25)22-20(2)9-12-28-21(19(20)27)7-10-23(11-8-21)18(26)13-16-3-5-17(14-24)6-4-16/h3-6,19,24,27H,7-14H2,1-2H3,(H,22,25)/t19-,20+/m1/s1. The van der Waals surface area contributed by atoms with Crippen molar-refractivity contribution in [2.75, 3.05) is 19.7 Å². The zero-order valence-corrected chi connectivity index (χ0v) is 16.6. The molecule has 3 N–H and O–H groups in total. The van der Waals surface area contributed by atoms with E-state index in [1.165, 1.54) is 6.92 Å². The van der Waals surface area contributed by atoms with Gasteiger partial charge in [0.05, 0.1) is 24.2 Å². The number of benzene rings is 1. The summed E-state index contributed by atoms with van der Waals surface area (Å²) in [5, 5.41) is 23.0.